The molecule has 0 bridgehead atoms. The van der Waals surface area contributed by atoms with Crippen molar-refractivity contribution in [2.24, 2.45) is 5.41 Å². The van der Waals surface area contributed by atoms with Crippen LogP contribution in [0.25, 0.3) is 0 Å². The van der Waals surface area contributed by atoms with E-state index in [2.05, 4.69) is 41.0 Å². The van der Waals surface area contributed by atoms with Gasteiger partial charge in [-0.05, 0) is 100 Å². The van der Waals surface area contributed by atoms with Crippen molar-refractivity contribution < 1.29 is 4.74 Å². The van der Waals surface area contributed by atoms with Crippen LogP contribution < -0.4 is 4.90 Å². The fourth-order valence-electron chi connectivity index (χ4n) is 6.56. The maximum Gasteiger partial charge on any atom is 0.0472 e. The zero-order chi connectivity index (χ0) is 19.0. The number of hydrogen-bond donors (Lipinski definition) is 0. The average Bonchev–Trinajstić information content (AvgIpc) is 3.35. The summed E-state index contributed by atoms with van der Waals surface area (Å²) in [6, 6.07) is 11.4. The highest BCUT2D eigenvalue weighted by molar-refractivity contribution is 5.49. The van der Waals surface area contributed by atoms with Gasteiger partial charge < -0.3 is 9.64 Å². The zero-order valence-corrected chi connectivity index (χ0v) is 17.7. The standard InChI is InChI=1S/C25H38N2O/c1-20-3-2-15-27(20)24-10-6-22(7-11-24)21-4-8-23(9-5-21)26-16-12-25(19-26)13-17-28-18-14-25/h4-5,8-9,20,22,24H,2-3,6-7,10-19H2,1H3/t20-,22?,24?/m1/s1. The van der Waals surface area contributed by atoms with Crippen LogP contribution in [-0.2, 0) is 4.74 Å². The Hall–Kier alpha value is -1.06. The summed E-state index contributed by atoms with van der Waals surface area (Å²) in [5.74, 6) is 0.781. The molecule has 0 unspecified atom stereocenters. The summed E-state index contributed by atoms with van der Waals surface area (Å²) in [5, 5.41) is 0. The smallest absolute Gasteiger partial charge is 0.0472 e. The van der Waals surface area contributed by atoms with Crippen LogP contribution in [0.3, 0.4) is 0 Å². The Balaban J connectivity index is 1.17. The van der Waals surface area contributed by atoms with Crippen molar-refractivity contribution in [2.45, 2.75) is 82.7 Å². The van der Waals surface area contributed by atoms with Gasteiger partial charge in [0, 0.05) is 44.1 Å². The molecule has 1 aromatic carbocycles. The van der Waals surface area contributed by atoms with Gasteiger partial charge in [-0.25, -0.2) is 0 Å². The van der Waals surface area contributed by atoms with Gasteiger partial charge in [-0.15, -0.1) is 0 Å². The van der Waals surface area contributed by atoms with Crippen LogP contribution >= 0.6 is 0 Å². The summed E-state index contributed by atoms with van der Waals surface area (Å²) in [6.07, 6.45) is 12.2. The highest BCUT2D eigenvalue weighted by Crippen LogP contribution is 2.42. The zero-order valence-electron chi connectivity index (χ0n) is 17.7. The van der Waals surface area contributed by atoms with Gasteiger partial charge in [0.05, 0.1) is 0 Å². The lowest BCUT2D eigenvalue weighted by molar-refractivity contribution is 0.0254. The molecule has 28 heavy (non-hydrogen) atoms. The van der Waals surface area contributed by atoms with Crippen molar-refractivity contribution in [2.75, 3.05) is 37.7 Å². The third kappa shape index (κ3) is 3.73. The molecule has 154 valence electrons. The van der Waals surface area contributed by atoms with E-state index < -0.39 is 0 Å². The van der Waals surface area contributed by atoms with Crippen LogP contribution in [0.2, 0.25) is 0 Å². The second kappa shape index (κ2) is 7.99. The second-order valence-corrected chi connectivity index (χ2v) is 10.1. The highest BCUT2D eigenvalue weighted by Gasteiger charge is 2.39. The topological polar surface area (TPSA) is 15.7 Å². The van der Waals surface area contributed by atoms with Gasteiger partial charge in [0.1, 0.15) is 0 Å². The third-order valence-corrected chi connectivity index (χ3v) is 8.49. The van der Waals surface area contributed by atoms with Gasteiger partial charge in [0.25, 0.3) is 0 Å². The number of likely N-dealkylation sites (tertiary alicyclic amines) is 1. The largest absolute Gasteiger partial charge is 0.381 e. The average molecular weight is 383 g/mol. The fraction of sp³-hybridized carbons (Fsp3) is 0.760. The first-order valence-corrected chi connectivity index (χ1v) is 11.9. The molecule has 4 fully saturated rings. The molecule has 3 saturated heterocycles. The normalized spacial score (nSPS) is 33.6. The Morgan fingerprint density at radius 3 is 2.32 bits per heavy atom. The summed E-state index contributed by atoms with van der Waals surface area (Å²) in [4.78, 5) is 5.43. The molecular formula is C25H38N2O. The number of anilines is 1. The molecule has 3 nitrogen and oxygen atoms in total. The van der Waals surface area contributed by atoms with Crippen LogP contribution in [0.1, 0.15) is 76.2 Å². The molecule has 3 heterocycles. The van der Waals surface area contributed by atoms with E-state index in [1.54, 1.807) is 5.56 Å². The van der Waals surface area contributed by atoms with Crippen LogP contribution in [0.4, 0.5) is 5.69 Å². The summed E-state index contributed by atoms with van der Waals surface area (Å²) in [5.41, 5.74) is 3.55. The van der Waals surface area contributed by atoms with Crippen molar-refractivity contribution in [3.63, 3.8) is 0 Å². The van der Waals surface area contributed by atoms with E-state index in [9.17, 15) is 0 Å². The lowest BCUT2D eigenvalue weighted by Gasteiger charge is -2.37. The number of rotatable bonds is 3. The van der Waals surface area contributed by atoms with Crippen molar-refractivity contribution in [1.29, 1.82) is 0 Å². The van der Waals surface area contributed by atoms with Crippen LogP contribution in [-0.4, -0.2) is 49.8 Å². The van der Waals surface area contributed by atoms with E-state index in [0.717, 1.165) is 31.2 Å². The van der Waals surface area contributed by atoms with E-state index >= 15 is 0 Å². The number of hydrogen-bond acceptors (Lipinski definition) is 3. The Morgan fingerprint density at radius 1 is 0.893 bits per heavy atom. The molecule has 0 amide bonds. The Kier molecular flexibility index (Phi) is 5.40. The molecule has 1 atom stereocenters. The summed E-state index contributed by atoms with van der Waals surface area (Å²) in [7, 11) is 0. The Morgan fingerprint density at radius 2 is 1.64 bits per heavy atom. The lowest BCUT2D eigenvalue weighted by Crippen LogP contribution is -2.39. The van der Waals surface area contributed by atoms with Crippen LogP contribution in [0.5, 0.6) is 0 Å². The quantitative estimate of drug-likeness (QED) is 0.714. The van der Waals surface area contributed by atoms with Gasteiger partial charge in [0.15, 0.2) is 0 Å². The maximum absolute atomic E-state index is 5.60. The molecular weight excluding hydrogens is 344 g/mol. The first-order chi connectivity index (χ1) is 13.7. The molecule has 1 spiro atoms. The van der Waals surface area contributed by atoms with Gasteiger partial charge in [-0.2, -0.15) is 0 Å². The highest BCUT2D eigenvalue weighted by atomic mass is 16.5. The molecule has 0 radical (unpaired) electrons. The summed E-state index contributed by atoms with van der Waals surface area (Å²) in [6.45, 7) is 8.15. The second-order valence-electron chi connectivity index (χ2n) is 10.1. The molecule has 4 aliphatic rings. The van der Waals surface area contributed by atoms with Crippen LogP contribution in [0.15, 0.2) is 24.3 Å². The molecule has 1 saturated carbocycles. The number of benzene rings is 1. The predicted octanol–water partition coefficient (Wildman–Crippen LogP) is 5.20. The maximum atomic E-state index is 5.60. The first-order valence-electron chi connectivity index (χ1n) is 11.9. The van der Waals surface area contributed by atoms with E-state index in [1.807, 2.05) is 0 Å². The van der Waals surface area contributed by atoms with Crippen molar-refractivity contribution in [3.05, 3.63) is 29.8 Å². The van der Waals surface area contributed by atoms with Gasteiger partial charge in [-0.3, -0.25) is 4.90 Å². The fourth-order valence-corrected chi connectivity index (χ4v) is 6.56. The Bertz CT molecular complexity index is 643. The van der Waals surface area contributed by atoms with E-state index in [-0.39, 0.29) is 0 Å². The molecule has 1 aromatic rings. The number of ether oxygens (including phenoxy) is 1. The minimum atomic E-state index is 0.530. The van der Waals surface area contributed by atoms with Gasteiger partial charge >= 0.3 is 0 Å². The summed E-state index contributed by atoms with van der Waals surface area (Å²) < 4.78 is 5.60. The SMILES string of the molecule is C[C@@H]1CCCN1C1CCC(c2ccc(N3CCC4(CCOCC4)C3)cc2)CC1. The van der Waals surface area contributed by atoms with Gasteiger partial charge in [-0.1, -0.05) is 12.1 Å². The minimum Gasteiger partial charge on any atom is -0.381 e. The number of nitrogens with zero attached hydrogens (tertiary/aromatic N) is 2. The molecule has 0 aromatic heterocycles. The monoisotopic (exact) mass is 382 g/mol. The predicted molar refractivity (Wildman–Crippen MR) is 116 cm³/mol. The van der Waals surface area contributed by atoms with Gasteiger partial charge in [0.2, 0.25) is 0 Å². The minimum absolute atomic E-state index is 0.530. The molecule has 3 heteroatoms. The molecule has 1 aliphatic carbocycles. The summed E-state index contributed by atoms with van der Waals surface area (Å²) >= 11 is 0. The van der Waals surface area contributed by atoms with E-state index in [0.29, 0.717) is 5.41 Å². The Labute approximate surface area is 171 Å². The van der Waals surface area contributed by atoms with E-state index in [4.69, 9.17) is 4.74 Å². The third-order valence-electron chi connectivity index (χ3n) is 8.49. The van der Waals surface area contributed by atoms with Crippen molar-refractivity contribution in [1.82, 2.24) is 4.90 Å². The molecule has 3 aliphatic heterocycles. The van der Waals surface area contributed by atoms with Crippen LogP contribution in [0, 0.1) is 5.41 Å². The molecule has 5 rings (SSSR count). The van der Waals surface area contributed by atoms with E-state index in [1.165, 1.54) is 83.1 Å². The first kappa shape index (κ1) is 18.9. The van der Waals surface area contributed by atoms with Crippen molar-refractivity contribution in [3.8, 4) is 0 Å². The molecule has 0 N–H and O–H groups in total. The van der Waals surface area contributed by atoms with Crippen molar-refractivity contribution >= 4 is 5.69 Å². The lowest BCUT2D eigenvalue weighted by atomic mass is 9.79.